The summed E-state index contributed by atoms with van der Waals surface area (Å²) in [6.07, 6.45) is 2.12. The van der Waals surface area contributed by atoms with Crippen LogP contribution >= 0.6 is 15.9 Å². The van der Waals surface area contributed by atoms with Gasteiger partial charge in [0.2, 0.25) is 0 Å². The Morgan fingerprint density at radius 3 is 2.68 bits per heavy atom. The third-order valence-electron chi connectivity index (χ3n) is 4.76. The molecule has 1 aliphatic rings. The van der Waals surface area contributed by atoms with Crippen LogP contribution in [0.3, 0.4) is 0 Å². The van der Waals surface area contributed by atoms with Crippen molar-refractivity contribution >= 4 is 27.6 Å². The highest BCUT2D eigenvalue weighted by Crippen LogP contribution is 2.28. The first kappa shape index (κ1) is 18.2. The summed E-state index contributed by atoms with van der Waals surface area (Å²) in [5.41, 5.74) is 2.82. The van der Waals surface area contributed by atoms with E-state index in [1.54, 1.807) is 0 Å². The van der Waals surface area contributed by atoms with Crippen LogP contribution < -0.4 is 10.2 Å². The summed E-state index contributed by atoms with van der Waals surface area (Å²) in [6.45, 7) is 10.6. The second kappa shape index (κ2) is 7.73. The average Bonchev–Trinajstić information content (AvgIpc) is 2.60. The number of nitrogens with zero attached hydrogens (tertiary/aromatic N) is 3. The number of halogens is 1. The third-order valence-corrected chi connectivity index (χ3v) is 5.25. The van der Waals surface area contributed by atoms with Gasteiger partial charge in [-0.25, -0.2) is 9.97 Å². The molecule has 25 heavy (non-hydrogen) atoms. The van der Waals surface area contributed by atoms with E-state index in [9.17, 15) is 0 Å². The number of benzene rings is 1. The predicted octanol–water partition coefficient (Wildman–Crippen LogP) is 5.14. The Bertz CT molecular complexity index is 744. The first-order valence-corrected chi connectivity index (χ1v) is 9.93. The minimum atomic E-state index is 0.309. The maximum Gasteiger partial charge on any atom is 0.135 e. The Balaban J connectivity index is 1.90. The summed E-state index contributed by atoms with van der Waals surface area (Å²) >= 11 is 3.59. The van der Waals surface area contributed by atoms with Gasteiger partial charge in [0.15, 0.2) is 0 Å². The van der Waals surface area contributed by atoms with Crippen LogP contribution in [-0.2, 0) is 13.0 Å². The molecule has 1 aromatic carbocycles. The van der Waals surface area contributed by atoms with Crippen molar-refractivity contribution in [1.82, 2.24) is 9.97 Å². The molecule has 0 saturated heterocycles. The zero-order chi connectivity index (χ0) is 18.0. The third kappa shape index (κ3) is 4.32. The number of hydrogen-bond donors (Lipinski definition) is 1. The van der Waals surface area contributed by atoms with Gasteiger partial charge < -0.3 is 10.2 Å². The van der Waals surface area contributed by atoms with E-state index in [4.69, 9.17) is 9.97 Å². The molecule has 2 heterocycles. The molecule has 5 heteroatoms. The van der Waals surface area contributed by atoms with Gasteiger partial charge in [-0.1, -0.05) is 42.8 Å². The van der Waals surface area contributed by atoms with Crippen LogP contribution in [0.25, 0.3) is 0 Å². The second-order valence-electron chi connectivity index (χ2n) is 7.16. The number of nitrogens with one attached hydrogen (secondary N) is 1. The summed E-state index contributed by atoms with van der Waals surface area (Å²) in [5.74, 6) is 3.17. The molecule has 3 rings (SSSR count). The highest BCUT2D eigenvalue weighted by atomic mass is 79.9. The Hall–Kier alpha value is -1.62. The van der Waals surface area contributed by atoms with Crippen LogP contribution in [0.5, 0.6) is 0 Å². The van der Waals surface area contributed by atoms with Gasteiger partial charge in [0.25, 0.3) is 0 Å². The lowest BCUT2D eigenvalue weighted by atomic mass is 10.00. The molecule has 2 aromatic rings. The normalized spacial score (nSPS) is 15.2. The second-order valence-corrected chi connectivity index (χ2v) is 8.08. The van der Waals surface area contributed by atoms with Crippen molar-refractivity contribution in [2.24, 2.45) is 0 Å². The first-order valence-electron chi connectivity index (χ1n) is 9.14. The smallest absolute Gasteiger partial charge is 0.135 e. The minimum Gasteiger partial charge on any atom is -0.367 e. The first-order chi connectivity index (χ1) is 12.0. The van der Waals surface area contributed by atoms with E-state index in [2.05, 4.69) is 78.1 Å². The van der Waals surface area contributed by atoms with Gasteiger partial charge in [-0.3, -0.25) is 0 Å². The van der Waals surface area contributed by atoms with Crippen LogP contribution in [0, 0.1) is 0 Å². The summed E-state index contributed by atoms with van der Waals surface area (Å²) in [5, 5.41) is 3.51. The van der Waals surface area contributed by atoms with Crippen molar-refractivity contribution < 1.29 is 0 Å². The molecule has 1 N–H and O–H groups in total. The maximum absolute atomic E-state index is 4.85. The summed E-state index contributed by atoms with van der Waals surface area (Å²) in [6, 6.07) is 9.09. The van der Waals surface area contributed by atoms with Gasteiger partial charge in [-0.15, -0.1) is 0 Å². The molecule has 1 atom stereocenters. The molecule has 0 bridgehead atoms. The predicted molar refractivity (Wildman–Crippen MR) is 108 cm³/mol. The van der Waals surface area contributed by atoms with Gasteiger partial charge in [-0.2, -0.15) is 0 Å². The molecule has 1 aliphatic heterocycles. The lowest BCUT2D eigenvalue weighted by Crippen LogP contribution is -2.31. The van der Waals surface area contributed by atoms with E-state index in [1.165, 1.54) is 11.1 Å². The summed E-state index contributed by atoms with van der Waals surface area (Å²) in [7, 11) is 0. The van der Waals surface area contributed by atoms with Gasteiger partial charge in [0, 0.05) is 35.6 Å². The van der Waals surface area contributed by atoms with Crippen molar-refractivity contribution in [3.05, 3.63) is 45.7 Å². The van der Waals surface area contributed by atoms with Crippen LogP contribution in [0.2, 0.25) is 0 Å². The van der Waals surface area contributed by atoms with Crippen molar-refractivity contribution in [1.29, 1.82) is 0 Å². The number of anilines is 2. The molecule has 0 spiro atoms. The Kier molecular flexibility index (Phi) is 5.62. The minimum absolute atomic E-state index is 0.309. The Morgan fingerprint density at radius 1 is 1.16 bits per heavy atom. The van der Waals surface area contributed by atoms with E-state index in [0.717, 1.165) is 47.9 Å². The van der Waals surface area contributed by atoms with Crippen LogP contribution in [-0.4, -0.2) is 22.6 Å². The zero-order valence-electron chi connectivity index (χ0n) is 15.5. The number of aromatic nitrogens is 2. The molecule has 1 aromatic heterocycles. The van der Waals surface area contributed by atoms with Crippen LogP contribution in [0.1, 0.15) is 57.0 Å². The quantitative estimate of drug-likeness (QED) is 0.751. The van der Waals surface area contributed by atoms with Gasteiger partial charge in [0.1, 0.15) is 17.5 Å². The number of fused-ring (bicyclic) bond motifs is 1. The SMILES string of the molecule is CC[C@H](C)Nc1cc(N2CCc3ccc(Br)cc3C2)nc(C(C)C)n1. The van der Waals surface area contributed by atoms with Crippen LogP contribution in [0.15, 0.2) is 28.7 Å². The van der Waals surface area contributed by atoms with E-state index in [0.29, 0.717) is 12.0 Å². The lowest BCUT2D eigenvalue weighted by Gasteiger charge is -2.30. The highest BCUT2D eigenvalue weighted by molar-refractivity contribution is 9.10. The van der Waals surface area contributed by atoms with Crippen molar-refractivity contribution in [2.45, 2.75) is 59.0 Å². The highest BCUT2D eigenvalue weighted by Gasteiger charge is 2.20. The zero-order valence-corrected chi connectivity index (χ0v) is 17.1. The van der Waals surface area contributed by atoms with E-state index >= 15 is 0 Å². The summed E-state index contributed by atoms with van der Waals surface area (Å²) in [4.78, 5) is 11.9. The number of rotatable bonds is 5. The molecule has 0 aliphatic carbocycles. The van der Waals surface area contributed by atoms with Crippen molar-refractivity contribution in [3.63, 3.8) is 0 Å². The standard InChI is InChI=1S/C20H27BrN4/c1-5-14(4)22-18-11-19(24-20(23-18)13(2)3)25-9-8-15-6-7-17(21)10-16(15)12-25/h6-7,10-11,13-14H,5,8-9,12H2,1-4H3,(H,22,23,24)/t14-/m0/s1. The average molecular weight is 403 g/mol. The molecule has 0 radical (unpaired) electrons. The molecule has 0 amide bonds. The van der Waals surface area contributed by atoms with Gasteiger partial charge in [-0.05, 0) is 43.0 Å². The van der Waals surface area contributed by atoms with Crippen molar-refractivity contribution in [2.75, 3.05) is 16.8 Å². The number of hydrogen-bond acceptors (Lipinski definition) is 4. The molecule has 134 valence electrons. The monoisotopic (exact) mass is 402 g/mol. The lowest BCUT2D eigenvalue weighted by molar-refractivity contribution is 0.698. The molecule has 0 unspecified atom stereocenters. The topological polar surface area (TPSA) is 41.0 Å². The summed E-state index contributed by atoms with van der Waals surface area (Å²) < 4.78 is 1.14. The molecule has 4 nitrogen and oxygen atoms in total. The Morgan fingerprint density at radius 2 is 1.96 bits per heavy atom. The van der Waals surface area contributed by atoms with E-state index in [-0.39, 0.29) is 0 Å². The molecule has 0 fully saturated rings. The van der Waals surface area contributed by atoms with Crippen molar-refractivity contribution in [3.8, 4) is 0 Å². The molecule has 0 saturated carbocycles. The van der Waals surface area contributed by atoms with E-state index < -0.39 is 0 Å². The van der Waals surface area contributed by atoms with Gasteiger partial charge in [0.05, 0.1) is 0 Å². The van der Waals surface area contributed by atoms with Crippen LogP contribution in [0.4, 0.5) is 11.6 Å². The molecular weight excluding hydrogens is 376 g/mol. The largest absolute Gasteiger partial charge is 0.367 e. The Labute approximate surface area is 159 Å². The maximum atomic E-state index is 4.85. The van der Waals surface area contributed by atoms with Gasteiger partial charge >= 0.3 is 0 Å². The molecular formula is C20H27BrN4. The fraction of sp³-hybridized carbons (Fsp3) is 0.500. The van der Waals surface area contributed by atoms with E-state index in [1.807, 2.05) is 0 Å². The fourth-order valence-corrected chi connectivity index (χ4v) is 3.43. The fourth-order valence-electron chi connectivity index (χ4n) is 3.02.